The van der Waals surface area contributed by atoms with Crippen LogP contribution in [0.3, 0.4) is 0 Å². The molecule has 1 aliphatic rings. The third-order valence-electron chi connectivity index (χ3n) is 3.63. The van der Waals surface area contributed by atoms with E-state index in [2.05, 4.69) is 5.32 Å². The lowest BCUT2D eigenvalue weighted by atomic mass is 10.2. The van der Waals surface area contributed by atoms with Crippen LogP contribution in [-0.2, 0) is 10.0 Å². The highest BCUT2D eigenvalue weighted by molar-refractivity contribution is 7.89. The minimum Gasteiger partial charge on any atom is -0.396 e. The first-order chi connectivity index (χ1) is 9.43. The van der Waals surface area contributed by atoms with Gasteiger partial charge in [-0.15, -0.1) is 0 Å². The van der Waals surface area contributed by atoms with Crippen LogP contribution in [-0.4, -0.2) is 33.4 Å². The fraction of sp³-hybridized carbons (Fsp3) is 0.571. The molecule has 1 aromatic rings. The molecule has 0 unspecified atom stereocenters. The third-order valence-corrected chi connectivity index (χ3v) is 5.50. The number of nitrogen functional groups attached to an aromatic ring is 1. The minimum absolute atomic E-state index is 0.162. The van der Waals surface area contributed by atoms with Gasteiger partial charge in [0.1, 0.15) is 4.90 Å². The highest BCUT2D eigenvalue weighted by Gasteiger charge is 2.22. The maximum atomic E-state index is 12.2. The van der Waals surface area contributed by atoms with Crippen molar-refractivity contribution in [3.05, 3.63) is 18.2 Å². The molecule has 0 aliphatic heterocycles. The number of rotatable bonds is 7. The van der Waals surface area contributed by atoms with Crippen molar-refractivity contribution >= 4 is 21.4 Å². The summed E-state index contributed by atoms with van der Waals surface area (Å²) < 4.78 is 25.5. The van der Waals surface area contributed by atoms with Gasteiger partial charge in [0.25, 0.3) is 0 Å². The molecule has 0 amide bonds. The third kappa shape index (κ3) is 3.43. The van der Waals surface area contributed by atoms with Gasteiger partial charge in [-0.3, -0.25) is 0 Å². The van der Waals surface area contributed by atoms with Crippen molar-refractivity contribution in [3.63, 3.8) is 0 Å². The molecule has 1 aromatic carbocycles. The van der Waals surface area contributed by atoms with Gasteiger partial charge in [-0.1, -0.05) is 18.9 Å². The summed E-state index contributed by atoms with van der Waals surface area (Å²) in [6.45, 7) is 0.826. The van der Waals surface area contributed by atoms with Gasteiger partial charge < -0.3 is 11.1 Å². The molecule has 0 radical (unpaired) electrons. The van der Waals surface area contributed by atoms with Crippen molar-refractivity contribution < 1.29 is 8.42 Å². The molecule has 0 atom stereocenters. The molecule has 112 valence electrons. The Labute approximate surface area is 121 Å². The predicted molar refractivity (Wildman–Crippen MR) is 82.2 cm³/mol. The summed E-state index contributed by atoms with van der Waals surface area (Å²) in [5.41, 5.74) is 6.99. The fourth-order valence-corrected chi connectivity index (χ4v) is 3.17. The smallest absolute Gasteiger partial charge is 0.244 e. The molecule has 20 heavy (non-hydrogen) atoms. The van der Waals surface area contributed by atoms with Crippen molar-refractivity contribution in [2.45, 2.75) is 30.6 Å². The van der Waals surface area contributed by atoms with Crippen LogP contribution in [0.2, 0.25) is 0 Å². The highest BCUT2D eigenvalue weighted by Crippen LogP contribution is 2.33. The Hall–Kier alpha value is -1.27. The molecule has 1 saturated carbocycles. The predicted octanol–water partition coefficient (Wildman–Crippen LogP) is 2.12. The summed E-state index contributed by atoms with van der Waals surface area (Å²) >= 11 is 0. The van der Waals surface area contributed by atoms with E-state index in [4.69, 9.17) is 5.73 Å². The zero-order valence-electron chi connectivity index (χ0n) is 12.1. The van der Waals surface area contributed by atoms with Crippen LogP contribution in [0, 0.1) is 5.92 Å². The second-order valence-electron chi connectivity index (χ2n) is 5.52. The summed E-state index contributed by atoms with van der Waals surface area (Å²) in [7, 11) is -0.487. The number of anilines is 2. The molecule has 1 fully saturated rings. The number of hydrogen-bond acceptors (Lipinski definition) is 4. The van der Waals surface area contributed by atoms with E-state index in [1.54, 1.807) is 12.1 Å². The van der Waals surface area contributed by atoms with Crippen LogP contribution in [0.1, 0.15) is 25.7 Å². The van der Waals surface area contributed by atoms with Crippen LogP contribution in [0.15, 0.2) is 23.1 Å². The molecule has 0 bridgehead atoms. The SMILES string of the molecule is CN(C)S(=O)(=O)c1cccc(NCCCC2CC2)c1N. The lowest BCUT2D eigenvalue weighted by Crippen LogP contribution is -2.23. The van der Waals surface area contributed by atoms with Crippen molar-refractivity contribution in [3.8, 4) is 0 Å². The Kier molecular flexibility index (Phi) is 4.55. The Morgan fingerprint density at radius 3 is 2.65 bits per heavy atom. The van der Waals surface area contributed by atoms with Crippen LogP contribution in [0.5, 0.6) is 0 Å². The van der Waals surface area contributed by atoms with E-state index in [9.17, 15) is 8.42 Å². The minimum atomic E-state index is -3.50. The summed E-state index contributed by atoms with van der Waals surface area (Å²) in [5.74, 6) is 0.912. The summed E-state index contributed by atoms with van der Waals surface area (Å²) in [4.78, 5) is 0.162. The highest BCUT2D eigenvalue weighted by atomic mass is 32.2. The number of para-hydroxylation sites is 1. The molecule has 0 spiro atoms. The maximum absolute atomic E-state index is 12.2. The zero-order valence-corrected chi connectivity index (χ0v) is 12.9. The Morgan fingerprint density at radius 1 is 1.35 bits per heavy atom. The largest absolute Gasteiger partial charge is 0.396 e. The van der Waals surface area contributed by atoms with Crippen LogP contribution < -0.4 is 11.1 Å². The average Bonchev–Trinajstić information content (AvgIpc) is 3.20. The van der Waals surface area contributed by atoms with Crippen LogP contribution in [0.4, 0.5) is 11.4 Å². The molecule has 3 N–H and O–H groups in total. The van der Waals surface area contributed by atoms with Crippen molar-refractivity contribution in [2.24, 2.45) is 5.92 Å². The van der Waals surface area contributed by atoms with E-state index in [-0.39, 0.29) is 4.90 Å². The first kappa shape index (κ1) is 15.1. The summed E-state index contributed by atoms with van der Waals surface area (Å²) in [6.07, 6.45) is 5.05. The number of nitrogens with one attached hydrogen (secondary N) is 1. The second kappa shape index (κ2) is 6.01. The van der Waals surface area contributed by atoms with E-state index >= 15 is 0 Å². The van der Waals surface area contributed by atoms with E-state index in [0.717, 1.165) is 18.9 Å². The first-order valence-electron chi connectivity index (χ1n) is 6.98. The molecular weight excluding hydrogens is 274 g/mol. The van der Waals surface area contributed by atoms with Gasteiger partial charge in [0.2, 0.25) is 10.0 Å². The zero-order chi connectivity index (χ0) is 14.8. The van der Waals surface area contributed by atoms with Gasteiger partial charge in [-0.05, 0) is 30.9 Å². The number of sulfonamides is 1. The number of nitrogens with two attached hydrogens (primary N) is 1. The Balaban J connectivity index is 2.06. The van der Waals surface area contributed by atoms with Gasteiger partial charge in [0.15, 0.2) is 0 Å². The van der Waals surface area contributed by atoms with Gasteiger partial charge in [-0.25, -0.2) is 12.7 Å². The van der Waals surface area contributed by atoms with E-state index in [0.29, 0.717) is 11.4 Å². The molecule has 0 heterocycles. The molecular formula is C14H23N3O2S. The Bertz CT molecular complexity index is 566. The van der Waals surface area contributed by atoms with Crippen molar-refractivity contribution in [1.82, 2.24) is 4.31 Å². The number of nitrogens with zero attached hydrogens (tertiary/aromatic N) is 1. The quantitative estimate of drug-likeness (QED) is 0.597. The van der Waals surface area contributed by atoms with Gasteiger partial charge >= 0.3 is 0 Å². The monoisotopic (exact) mass is 297 g/mol. The number of hydrogen-bond donors (Lipinski definition) is 2. The van der Waals surface area contributed by atoms with Gasteiger partial charge in [0.05, 0.1) is 11.4 Å². The summed E-state index contributed by atoms with van der Waals surface area (Å²) in [6, 6.07) is 5.08. The van der Waals surface area contributed by atoms with Crippen molar-refractivity contribution in [2.75, 3.05) is 31.7 Å². The Morgan fingerprint density at radius 2 is 2.05 bits per heavy atom. The molecule has 0 saturated heterocycles. The van der Waals surface area contributed by atoms with E-state index in [1.165, 1.54) is 37.7 Å². The lowest BCUT2D eigenvalue weighted by molar-refractivity contribution is 0.521. The number of benzene rings is 1. The topological polar surface area (TPSA) is 75.4 Å². The molecule has 5 nitrogen and oxygen atoms in total. The standard InChI is InChI=1S/C14H23N3O2S/c1-17(2)20(18,19)13-7-3-6-12(14(13)15)16-10-4-5-11-8-9-11/h3,6-7,11,16H,4-5,8-10,15H2,1-2H3. The summed E-state index contributed by atoms with van der Waals surface area (Å²) in [5, 5.41) is 3.24. The molecule has 6 heteroatoms. The molecule has 2 rings (SSSR count). The fourth-order valence-electron chi connectivity index (χ4n) is 2.14. The molecule has 0 aromatic heterocycles. The van der Waals surface area contributed by atoms with E-state index < -0.39 is 10.0 Å². The van der Waals surface area contributed by atoms with Crippen molar-refractivity contribution in [1.29, 1.82) is 0 Å². The first-order valence-corrected chi connectivity index (χ1v) is 8.42. The van der Waals surface area contributed by atoms with Gasteiger partial charge in [-0.2, -0.15) is 0 Å². The lowest BCUT2D eigenvalue weighted by Gasteiger charge is -2.16. The average molecular weight is 297 g/mol. The van der Waals surface area contributed by atoms with Gasteiger partial charge in [0, 0.05) is 20.6 Å². The normalized spacial score (nSPS) is 15.6. The van der Waals surface area contributed by atoms with Crippen LogP contribution >= 0.6 is 0 Å². The van der Waals surface area contributed by atoms with Crippen LogP contribution in [0.25, 0.3) is 0 Å². The second-order valence-corrected chi connectivity index (χ2v) is 7.64. The maximum Gasteiger partial charge on any atom is 0.244 e. The molecule has 1 aliphatic carbocycles. The van der Waals surface area contributed by atoms with E-state index in [1.807, 2.05) is 6.07 Å².